The summed E-state index contributed by atoms with van der Waals surface area (Å²) in [7, 11) is 1.16. The summed E-state index contributed by atoms with van der Waals surface area (Å²) in [4.78, 5) is 13.9. The number of carbonyl (C=O) groups is 1. The Bertz CT molecular complexity index is 469. The largest absolute Gasteiger partial charge is 0.494 e. The van der Waals surface area contributed by atoms with Crippen molar-refractivity contribution in [1.82, 2.24) is 4.98 Å². The van der Waals surface area contributed by atoms with Gasteiger partial charge in [-0.25, -0.2) is 18.6 Å². The molecule has 7 heteroatoms. The molecule has 0 spiro atoms. The van der Waals surface area contributed by atoms with E-state index in [-0.39, 0.29) is 5.75 Å². The summed E-state index contributed by atoms with van der Waals surface area (Å²) in [6.07, 6.45) is -3.02. The maximum absolute atomic E-state index is 12.4. The maximum Gasteiger partial charge on any atom is 0.358 e. The number of nitriles is 1. The van der Waals surface area contributed by atoms with E-state index >= 15 is 0 Å². The van der Waals surface area contributed by atoms with Gasteiger partial charge in [0.2, 0.25) is 0 Å². The molecule has 0 aromatic carbocycles. The molecule has 1 aromatic heterocycles. The molecule has 16 heavy (non-hydrogen) atoms. The number of pyridine rings is 1. The molecule has 0 aliphatic heterocycles. The standard InChI is InChI=1S/C9H6F2N2O3/c1-16-5-2-4(3-12)6(8(10)11)13-7(5)9(14)15/h2,8H,1H3,(H,14,15). The van der Waals surface area contributed by atoms with Crippen LogP contribution in [0.15, 0.2) is 6.07 Å². The average Bonchev–Trinajstić information content (AvgIpc) is 2.26. The number of halogens is 2. The molecule has 0 atom stereocenters. The second-order valence-corrected chi connectivity index (χ2v) is 2.69. The van der Waals surface area contributed by atoms with Crippen molar-refractivity contribution in [2.45, 2.75) is 6.43 Å². The van der Waals surface area contributed by atoms with Gasteiger partial charge in [-0.3, -0.25) is 0 Å². The zero-order chi connectivity index (χ0) is 12.3. The van der Waals surface area contributed by atoms with Crippen LogP contribution in [0, 0.1) is 11.3 Å². The van der Waals surface area contributed by atoms with Gasteiger partial charge in [0.25, 0.3) is 6.43 Å². The molecule has 0 saturated carbocycles. The molecule has 0 fully saturated rings. The number of carboxylic acid groups (broad SMARTS) is 1. The molecule has 0 radical (unpaired) electrons. The van der Waals surface area contributed by atoms with Gasteiger partial charge in [-0.1, -0.05) is 0 Å². The summed E-state index contributed by atoms with van der Waals surface area (Å²) in [6.45, 7) is 0. The topological polar surface area (TPSA) is 83.2 Å². The van der Waals surface area contributed by atoms with Gasteiger partial charge >= 0.3 is 5.97 Å². The number of aromatic nitrogens is 1. The highest BCUT2D eigenvalue weighted by atomic mass is 19.3. The minimum absolute atomic E-state index is 0.228. The summed E-state index contributed by atoms with van der Waals surface area (Å²) >= 11 is 0. The van der Waals surface area contributed by atoms with E-state index in [4.69, 9.17) is 10.4 Å². The summed E-state index contributed by atoms with van der Waals surface area (Å²) < 4.78 is 29.5. The Morgan fingerprint density at radius 2 is 2.31 bits per heavy atom. The molecule has 84 valence electrons. The van der Waals surface area contributed by atoms with E-state index in [2.05, 4.69) is 9.72 Å². The fourth-order valence-corrected chi connectivity index (χ4v) is 1.07. The highest BCUT2D eigenvalue weighted by Gasteiger charge is 2.22. The van der Waals surface area contributed by atoms with Crippen LogP contribution < -0.4 is 4.74 Å². The molecule has 1 aromatic rings. The van der Waals surface area contributed by atoms with Gasteiger partial charge in [0.1, 0.15) is 11.8 Å². The second-order valence-electron chi connectivity index (χ2n) is 2.69. The van der Waals surface area contributed by atoms with Gasteiger partial charge < -0.3 is 9.84 Å². The van der Waals surface area contributed by atoms with E-state index in [1.807, 2.05) is 0 Å². The third kappa shape index (κ3) is 2.06. The first-order chi connectivity index (χ1) is 7.51. The van der Waals surface area contributed by atoms with Crippen molar-refractivity contribution in [3.8, 4) is 11.8 Å². The van der Waals surface area contributed by atoms with E-state index in [0.717, 1.165) is 13.2 Å². The van der Waals surface area contributed by atoms with Crippen molar-refractivity contribution < 1.29 is 23.4 Å². The molecular formula is C9H6F2N2O3. The van der Waals surface area contributed by atoms with Gasteiger partial charge in [0.15, 0.2) is 11.4 Å². The molecule has 0 saturated heterocycles. The summed E-state index contributed by atoms with van der Waals surface area (Å²) in [5.74, 6) is -1.73. The van der Waals surface area contributed by atoms with Crippen molar-refractivity contribution in [3.05, 3.63) is 23.0 Å². The van der Waals surface area contributed by atoms with E-state index in [1.165, 1.54) is 6.07 Å². The lowest BCUT2D eigenvalue weighted by Gasteiger charge is -2.07. The van der Waals surface area contributed by atoms with Crippen LogP contribution in [0.3, 0.4) is 0 Å². The molecule has 0 bridgehead atoms. The van der Waals surface area contributed by atoms with Crippen LogP contribution >= 0.6 is 0 Å². The number of hydrogen-bond acceptors (Lipinski definition) is 4. The van der Waals surface area contributed by atoms with Crippen LogP contribution in [-0.2, 0) is 0 Å². The summed E-state index contributed by atoms with van der Waals surface area (Å²) in [5.41, 5.74) is -1.91. The Labute approximate surface area is 88.9 Å². The Morgan fingerprint density at radius 3 is 2.69 bits per heavy atom. The molecule has 0 aliphatic rings. The van der Waals surface area contributed by atoms with Crippen LogP contribution in [0.1, 0.15) is 28.2 Å². The molecule has 0 unspecified atom stereocenters. The number of hydrogen-bond donors (Lipinski definition) is 1. The summed E-state index contributed by atoms with van der Waals surface area (Å²) in [6, 6.07) is 2.43. The Kier molecular flexibility index (Phi) is 3.35. The minimum atomic E-state index is -3.02. The zero-order valence-corrected chi connectivity index (χ0v) is 8.07. The number of aromatic carboxylic acids is 1. The average molecular weight is 228 g/mol. The monoisotopic (exact) mass is 228 g/mol. The highest BCUT2D eigenvalue weighted by molar-refractivity contribution is 5.88. The fraction of sp³-hybridized carbons (Fsp3) is 0.222. The lowest BCUT2D eigenvalue weighted by atomic mass is 10.1. The Morgan fingerprint density at radius 1 is 1.69 bits per heavy atom. The molecular weight excluding hydrogens is 222 g/mol. The SMILES string of the molecule is COc1cc(C#N)c(C(F)F)nc1C(=O)O. The van der Waals surface area contributed by atoms with Crippen LogP contribution in [0.5, 0.6) is 5.75 Å². The minimum Gasteiger partial charge on any atom is -0.494 e. The van der Waals surface area contributed by atoms with Crippen molar-refractivity contribution in [2.24, 2.45) is 0 Å². The Balaban J connectivity index is 3.48. The number of nitrogens with zero attached hydrogens (tertiary/aromatic N) is 2. The quantitative estimate of drug-likeness (QED) is 0.849. The first-order valence-corrected chi connectivity index (χ1v) is 4.01. The third-order valence-corrected chi connectivity index (χ3v) is 1.77. The number of ether oxygens (including phenoxy) is 1. The van der Waals surface area contributed by atoms with E-state index < -0.39 is 29.3 Å². The van der Waals surface area contributed by atoms with Crippen LogP contribution in [0.4, 0.5) is 8.78 Å². The molecule has 1 N–H and O–H groups in total. The lowest BCUT2D eigenvalue weighted by Crippen LogP contribution is -2.08. The fourth-order valence-electron chi connectivity index (χ4n) is 1.07. The van der Waals surface area contributed by atoms with E-state index in [9.17, 15) is 13.6 Å². The van der Waals surface area contributed by atoms with E-state index in [0.29, 0.717) is 0 Å². The smallest absolute Gasteiger partial charge is 0.358 e. The molecule has 1 heterocycles. The maximum atomic E-state index is 12.4. The molecule has 5 nitrogen and oxygen atoms in total. The Hall–Kier alpha value is -2.23. The van der Waals surface area contributed by atoms with Crippen molar-refractivity contribution in [2.75, 3.05) is 7.11 Å². The first kappa shape index (κ1) is 11.8. The van der Waals surface area contributed by atoms with Crippen molar-refractivity contribution in [1.29, 1.82) is 5.26 Å². The predicted molar refractivity (Wildman–Crippen MR) is 47.4 cm³/mol. The van der Waals surface area contributed by atoms with Gasteiger partial charge in [-0.15, -0.1) is 0 Å². The number of rotatable bonds is 3. The van der Waals surface area contributed by atoms with Gasteiger partial charge in [-0.2, -0.15) is 5.26 Å². The second kappa shape index (κ2) is 4.53. The van der Waals surface area contributed by atoms with Crippen LogP contribution in [0.2, 0.25) is 0 Å². The van der Waals surface area contributed by atoms with Crippen LogP contribution in [0.25, 0.3) is 0 Å². The number of carboxylic acids is 1. The lowest BCUT2D eigenvalue weighted by molar-refractivity contribution is 0.0684. The molecule has 0 amide bonds. The van der Waals surface area contributed by atoms with Crippen molar-refractivity contribution >= 4 is 5.97 Å². The first-order valence-electron chi connectivity index (χ1n) is 4.01. The number of methoxy groups -OCH3 is 1. The van der Waals surface area contributed by atoms with Gasteiger partial charge in [0, 0.05) is 6.07 Å². The normalized spacial score (nSPS) is 9.94. The highest BCUT2D eigenvalue weighted by Crippen LogP contribution is 2.26. The predicted octanol–water partition coefficient (Wildman–Crippen LogP) is 1.60. The summed E-state index contributed by atoms with van der Waals surface area (Å²) in [5, 5.41) is 17.3. The van der Waals surface area contributed by atoms with Crippen molar-refractivity contribution in [3.63, 3.8) is 0 Å². The molecule has 1 rings (SSSR count). The third-order valence-electron chi connectivity index (χ3n) is 1.77. The zero-order valence-electron chi connectivity index (χ0n) is 8.07. The van der Waals surface area contributed by atoms with Gasteiger partial charge in [0.05, 0.1) is 12.7 Å². The van der Waals surface area contributed by atoms with E-state index in [1.54, 1.807) is 0 Å². The molecule has 0 aliphatic carbocycles. The van der Waals surface area contributed by atoms with Crippen LogP contribution in [-0.4, -0.2) is 23.2 Å². The number of alkyl halides is 2. The van der Waals surface area contributed by atoms with Gasteiger partial charge in [-0.05, 0) is 0 Å².